The molecule has 1 heterocycles. The van der Waals surface area contributed by atoms with Crippen LogP contribution in [0.2, 0.25) is 5.02 Å². The molecule has 2 rings (SSSR count). The molecule has 1 aliphatic rings. The van der Waals surface area contributed by atoms with Gasteiger partial charge in [0.15, 0.2) is 0 Å². The highest BCUT2D eigenvalue weighted by molar-refractivity contribution is 7.89. The fourth-order valence-electron chi connectivity index (χ4n) is 2.55. The normalized spacial score (nSPS) is 21.6. The Kier molecular flexibility index (Phi) is 5.35. The lowest BCUT2D eigenvalue weighted by atomic mass is 10.1. The van der Waals surface area contributed by atoms with Gasteiger partial charge in [-0.05, 0) is 43.5 Å². The fourth-order valence-corrected chi connectivity index (χ4v) is 4.78. The first-order valence-corrected chi connectivity index (χ1v) is 9.18. The topological polar surface area (TPSA) is 37.4 Å². The van der Waals surface area contributed by atoms with Gasteiger partial charge in [0, 0.05) is 23.5 Å². The van der Waals surface area contributed by atoms with Crippen molar-refractivity contribution in [3.8, 4) is 0 Å². The molecule has 0 radical (unpaired) electrons. The number of sulfonamides is 1. The van der Waals surface area contributed by atoms with Crippen LogP contribution >= 0.6 is 23.2 Å². The van der Waals surface area contributed by atoms with Gasteiger partial charge in [0.05, 0.1) is 4.90 Å². The van der Waals surface area contributed by atoms with Crippen molar-refractivity contribution < 1.29 is 8.42 Å². The second-order valence-corrected chi connectivity index (χ2v) is 7.77. The van der Waals surface area contributed by atoms with Gasteiger partial charge >= 0.3 is 0 Å². The van der Waals surface area contributed by atoms with Crippen LogP contribution < -0.4 is 0 Å². The number of alkyl halides is 1. The zero-order valence-electron chi connectivity index (χ0n) is 11.5. The molecule has 20 heavy (non-hydrogen) atoms. The van der Waals surface area contributed by atoms with Crippen molar-refractivity contribution in [3.63, 3.8) is 0 Å². The number of benzene rings is 1. The number of hydrogen-bond acceptors (Lipinski definition) is 2. The van der Waals surface area contributed by atoms with Crippen LogP contribution in [0.4, 0.5) is 0 Å². The van der Waals surface area contributed by atoms with Crippen molar-refractivity contribution in [2.24, 2.45) is 0 Å². The van der Waals surface area contributed by atoms with Crippen LogP contribution in [0.3, 0.4) is 0 Å². The lowest BCUT2D eigenvalue weighted by Crippen LogP contribution is -2.38. The van der Waals surface area contributed by atoms with Crippen LogP contribution in [-0.4, -0.2) is 25.3 Å². The second-order valence-electron chi connectivity index (χ2n) is 5.20. The summed E-state index contributed by atoms with van der Waals surface area (Å²) in [5.74, 6) is 0.206. The van der Waals surface area contributed by atoms with Crippen molar-refractivity contribution in [3.05, 3.63) is 28.8 Å². The summed E-state index contributed by atoms with van der Waals surface area (Å²) in [7, 11) is -3.47. The molecule has 1 atom stereocenters. The van der Waals surface area contributed by atoms with E-state index in [9.17, 15) is 8.42 Å². The van der Waals surface area contributed by atoms with Crippen LogP contribution in [0.1, 0.15) is 38.2 Å². The highest BCUT2D eigenvalue weighted by Crippen LogP contribution is 2.27. The zero-order valence-corrected chi connectivity index (χ0v) is 13.8. The van der Waals surface area contributed by atoms with Crippen molar-refractivity contribution in [1.82, 2.24) is 4.31 Å². The van der Waals surface area contributed by atoms with Crippen LogP contribution in [-0.2, 0) is 15.9 Å². The predicted molar refractivity (Wildman–Crippen MR) is 82.8 cm³/mol. The first-order chi connectivity index (χ1) is 9.46. The smallest absolute Gasteiger partial charge is 0.207 e. The average Bonchev–Trinajstić information content (AvgIpc) is 2.64. The van der Waals surface area contributed by atoms with Gasteiger partial charge in [-0.15, -0.1) is 11.6 Å². The number of halogens is 2. The van der Waals surface area contributed by atoms with Gasteiger partial charge in [-0.25, -0.2) is 8.42 Å². The van der Waals surface area contributed by atoms with E-state index < -0.39 is 10.0 Å². The van der Waals surface area contributed by atoms with Crippen LogP contribution in [0.25, 0.3) is 0 Å². The van der Waals surface area contributed by atoms with E-state index in [1.807, 2.05) is 6.92 Å². The highest BCUT2D eigenvalue weighted by atomic mass is 35.5. The van der Waals surface area contributed by atoms with Crippen LogP contribution in [0.5, 0.6) is 0 Å². The Morgan fingerprint density at radius 3 is 2.75 bits per heavy atom. The van der Waals surface area contributed by atoms with Crippen molar-refractivity contribution in [1.29, 1.82) is 0 Å². The summed E-state index contributed by atoms with van der Waals surface area (Å²) in [4.78, 5) is 0.284. The summed E-state index contributed by atoms with van der Waals surface area (Å²) in [5.41, 5.74) is 0.650. The summed E-state index contributed by atoms with van der Waals surface area (Å²) in [5, 5.41) is 0.503. The molecule has 0 spiro atoms. The highest BCUT2D eigenvalue weighted by Gasteiger charge is 2.30. The SMILES string of the molecule is CC1CCCCCN1S(=O)(=O)c1ccc(Cl)c(CCl)c1. The summed E-state index contributed by atoms with van der Waals surface area (Å²) in [6.45, 7) is 2.56. The lowest BCUT2D eigenvalue weighted by molar-refractivity contribution is 0.342. The largest absolute Gasteiger partial charge is 0.243 e. The first-order valence-electron chi connectivity index (χ1n) is 6.83. The van der Waals surface area contributed by atoms with Gasteiger partial charge in [-0.1, -0.05) is 24.4 Å². The van der Waals surface area contributed by atoms with E-state index in [0.717, 1.165) is 25.7 Å². The minimum atomic E-state index is -3.47. The van der Waals surface area contributed by atoms with Crippen LogP contribution in [0.15, 0.2) is 23.1 Å². The molecule has 0 aliphatic carbocycles. The standard InChI is InChI=1S/C14H19Cl2NO2S/c1-11-5-3-2-4-8-17(11)20(18,19)13-6-7-14(16)12(9-13)10-15/h6-7,9,11H,2-5,8,10H2,1H3. The Morgan fingerprint density at radius 2 is 2.05 bits per heavy atom. The summed E-state index contributed by atoms with van der Waals surface area (Å²) < 4.78 is 27.2. The van der Waals surface area contributed by atoms with E-state index in [4.69, 9.17) is 23.2 Å². The Balaban J connectivity index is 2.38. The van der Waals surface area contributed by atoms with Crippen LogP contribution in [0, 0.1) is 0 Å². The Bertz CT molecular complexity index is 575. The maximum absolute atomic E-state index is 12.8. The molecule has 0 aromatic heterocycles. The van der Waals surface area contributed by atoms with Gasteiger partial charge in [0.1, 0.15) is 0 Å². The lowest BCUT2D eigenvalue weighted by Gasteiger charge is -2.26. The molecule has 0 amide bonds. The molecule has 1 aromatic rings. The quantitative estimate of drug-likeness (QED) is 0.782. The average molecular weight is 336 g/mol. The molecule has 3 nitrogen and oxygen atoms in total. The van der Waals surface area contributed by atoms with E-state index in [2.05, 4.69) is 0 Å². The Hall–Kier alpha value is -0.290. The first kappa shape index (κ1) is 16.1. The van der Waals surface area contributed by atoms with Crippen molar-refractivity contribution in [2.45, 2.75) is 49.4 Å². The third-order valence-electron chi connectivity index (χ3n) is 3.76. The number of rotatable bonds is 3. The minimum absolute atomic E-state index is 0.0395. The molecule has 0 N–H and O–H groups in total. The third kappa shape index (κ3) is 3.30. The molecule has 1 saturated heterocycles. The summed E-state index contributed by atoms with van der Waals surface area (Å²) >= 11 is 11.8. The Labute approximate surface area is 130 Å². The van der Waals surface area contributed by atoms with E-state index in [-0.39, 0.29) is 16.8 Å². The number of hydrogen-bond donors (Lipinski definition) is 0. The maximum atomic E-state index is 12.8. The van der Waals surface area contributed by atoms with Gasteiger partial charge in [0.2, 0.25) is 10.0 Å². The van der Waals surface area contributed by atoms with Crippen molar-refractivity contribution >= 4 is 33.2 Å². The van der Waals surface area contributed by atoms with Gasteiger partial charge in [-0.2, -0.15) is 4.31 Å². The molecular weight excluding hydrogens is 317 g/mol. The Morgan fingerprint density at radius 1 is 1.30 bits per heavy atom. The van der Waals surface area contributed by atoms with E-state index in [0.29, 0.717) is 17.1 Å². The number of nitrogens with zero attached hydrogens (tertiary/aromatic N) is 1. The molecule has 1 aliphatic heterocycles. The fraction of sp³-hybridized carbons (Fsp3) is 0.571. The van der Waals surface area contributed by atoms with E-state index in [1.165, 1.54) is 0 Å². The molecule has 0 saturated carbocycles. The predicted octanol–water partition coefficient (Wildman–Crippen LogP) is 4.03. The third-order valence-corrected chi connectivity index (χ3v) is 6.43. The minimum Gasteiger partial charge on any atom is -0.207 e. The monoisotopic (exact) mass is 335 g/mol. The van der Waals surface area contributed by atoms with Gasteiger partial charge in [0.25, 0.3) is 0 Å². The van der Waals surface area contributed by atoms with E-state index >= 15 is 0 Å². The summed E-state index contributed by atoms with van der Waals surface area (Å²) in [6, 6.07) is 4.79. The molecule has 112 valence electrons. The zero-order chi connectivity index (χ0) is 14.8. The van der Waals surface area contributed by atoms with Crippen molar-refractivity contribution in [2.75, 3.05) is 6.54 Å². The second kappa shape index (κ2) is 6.65. The molecule has 6 heteroatoms. The molecule has 1 unspecified atom stereocenters. The van der Waals surface area contributed by atoms with E-state index in [1.54, 1.807) is 22.5 Å². The molecule has 0 bridgehead atoms. The summed E-state index contributed by atoms with van der Waals surface area (Å²) in [6.07, 6.45) is 4.00. The van der Waals surface area contributed by atoms with Gasteiger partial charge < -0.3 is 0 Å². The molecular formula is C14H19Cl2NO2S. The van der Waals surface area contributed by atoms with Gasteiger partial charge in [-0.3, -0.25) is 0 Å². The maximum Gasteiger partial charge on any atom is 0.243 e. The molecule has 1 aromatic carbocycles. The molecule has 1 fully saturated rings.